The van der Waals surface area contributed by atoms with Gasteiger partial charge in [-0.05, 0) is 35.3 Å². The van der Waals surface area contributed by atoms with E-state index in [4.69, 9.17) is 0 Å². The third-order valence-electron chi connectivity index (χ3n) is 3.94. The van der Waals surface area contributed by atoms with Gasteiger partial charge in [-0.1, -0.05) is 61.7 Å². The van der Waals surface area contributed by atoms with Gasteiger partial charge in [-0.3, -0.25) is 4.68 Å². The van der Waals surface area contributed by atoms with Gasteiger partial charge < -0.3 is 0 Å². The Balaban J connectivity index is 2.45. The Bertz CT molecular complexity index is 613. The smallest absolute Gasteiger partial charge is 0.0738 e. The van der Waals surface area contributed by atoms with E-state index in [0.29, 0.717) is 0 Å². The molecule has 21 heavy (non-hydrogen) atoms. The molecule has 0 aliphatic carbocycles. The monoisotopic (exact) mass is 476 g/mol. The summed E-state index contributed by atoms with van der Waals surface area (Å²) in [4.78, 5) is 0. The van der Waals surface area contributed by atoms with E-state index in [9.17, 15) is 0 Å². The van der Waals surface area contributed by atoms with Crippen LogP contribution < -0.4 is 0 Å². The van der Waals surface area contributed by atoms with Crippen LogP contribution in [0.25, 0.3) is 0 Å². The topological polar surface area (TPSA) is 17.8 Å². The zero-order valence-corrected chi connectivity index (χ0v) is 17.2. The molecule has 0 radical (unpaired) electrons. The van der Waals surface area contributed by atoms with Crippen LogP contribution in [0.3, 0.4) is 0 Å². The molecule has 114 valence electrons. The Kier molecular flexibility index (Phi) is 5.71. The largest absolute Gasteiger partial charge is 0.271 e. The van der Waals surface area contributed by atoms with Crippen molar-refractivity contribution in [3.05, 3.63) is 51.3 Å². The molecule has 2 rings (SSSR count). The standard InChI is InChI=1S/C16H19Br3N2/c1-11-4-6-13(7-5-11)16(9-17,10-18)8-14-15(19)12(2)20-21(14)3/h4-7H,8-10H2,1-3H3. The second-order valence-corrected chi connectivity index (χ2v) is 7.47. The van der Waals surface area contributed by atoms with Gasteiger partial charge in [0.2, 0.25) is 0 Å². The van der Waals surface area contributed by atoms with Crippen molar-refractivity contribution in [3.63, 3.8) is 0 Å². The molecule has 0 fully saturated rings. The maximum absolute atomic E-state index is 4.51. The normalized spacial score (nSPS) is 11.9. The average molecular weight is 479 g/mol. The van der Waals surface area contributed by atoms with Crippen molar-refractivity contribution in [3.8, 4) is 0 Å². The predicted molar refractivity (Wildman–Crippen MR) is 99.8 cm³/mol. The van der Waals surface area contributed by atoms with Crippen LogP contribution in [0.1, 0.15) is 22.5 Å². The van der Waals surface area contributed by atoms with E-state index < -0.39 is 0 Å². The first-order valence-corrected chi connectivity index (χ1v) is 9.84. The van der Waals surface area contributed by atoms with Crippen LogP contribution in [0.5, 0.6) is 0 Å². The number of hydrogen-bond acceptors (Lipinski definition) is 1. The van der Waals surface area contributed by atoms with Crippen LogP contribution in [0.4, 0.5) is 0 Å². The van der Waals surface area contributed by atoms with Gasteiger partial charge in [0.15, 0.2) is 0 Å². The minimum Gasteiger partial charge on any atom is -0.271 e. The lowest BCUT2D eigenvalue weighted by Gasteiger charge is -2.31. The van der Waals surface area contributed by atoms with Crippen LogP contribution >= 0.6 is 47.8 Å². The molecule has 0 atom stereocenters. The third kappa shape index (κ3) is 3.45. The molecule has 5 heteroatoms. The molecule has 0 aliphatic heterocycles. The molecule has 0 bridgehead atoms. The van der Waals surface area contributed by atoms with Crippen LogP contribution in [0.2, 0.25) is 0 Å². The maximum Gasteiger partial charge on any atom is 0.0738 e. The highest BCUT2D eigenvalue weighted by Crippen LogP contribution is 2.35. The fourth-order valence-electron chi connectivity index (χ4n) is 2.49. The van der Waals surface area contributed by atoms with Crippen LogP contribution in [0.15, 0.2) is 28.7 Å². The van der Waals surface area contributed by atoms with Crippen LogP contribution in [-0.4, -0.2) is 20.4 Å². The minimum absolute atomic E-state index is 0.0104. The molecule has 0 aliphatic rings. The quantitative estimate of drug-likeness (QED) is 0.548. The Labute approximate surface area is 151 Å². The van der Waals surface area contributed by atoms with Gasteiger partial charge in [0.25, 0.3) is 0 Å². The molecule has 0 saturated heterocycles. The van der Waals surface area contributed by atoms with E-state index in [1.54, 1.807) is 0 Å². The number of alkyl halides is 2. The van der Waals surface area contributed by atoms with Crippen molar-refractivity contribution in [1.82, 2.24) is 9.78 Å². The summed E-state index contributed by atoms with van der Waals surface area (Å²) in [6.45, 7) is 4.15. The Morgan fingerprint density at radius 3 is 2.10 bits per heavy atom. The third-order valence-corrected chi connectivity index (χ3v) is 7.12. The zero-order chi connectivity index (χ0) is 15.6. The number of aromatic nitrogens is 2. The van der Waals surface area contributed by atoms with Gasteiger partial charge in [0.05, 0.1) is 15.9 Å². The van der Waals surface area contributed by atoms with Crippen molar-refractivity contribution < 1.29 is 0 Å². The summed E-state index contributed by atoms with van der Waals surface area (Å²) in [6.07, 6.45) is 0.921. The van der Waals surface area contributed by atoms with E-state index in [-0.39, 0.29) is 5.41 Å². The van der Waals surface area contributed by atoms with Crippen molar-refractivity contribution in [2.24, 2.45) is 7.05 Å². The van der Waals surface area contributed by atoms with E-state index in [1.165, 1.54) is 16.8 Å². The molecule has 0 saturated carbocycles. The summed E-state index contributed by atoms with van der Waals surface area (Å²) in [5.74, 6) is 0. The number of hydrogen-bond donors (Lipinski definition) is 0. The zero-order valence-electron chi connectivity index (χ0n) is 12.5. The molecule has 1 aromatic heterocycles. The number of aryl methyl sites for hydroxylation is 3. The molecule has 2 aromatic rings. The fraction of sp³-hybridized carbons (Fsp3) is 0.438. The molecular weight excluding hydrogens is 460 g/mol. The Morgan fingerprint density at radius 1 is 1.10 bits per heavy atom. The van der Waals surface area contributed by atoms with E-state index in [2.05, 4.69) is 84.1 Å². The highest BCUT2D eigenvalue weighted by Gasteiger charge is 2.32. The summed E-state index contributed by atoms with van der Waals surface area (Å²) in [5.41, 5.74) is 4.90. The second kappa shape index (κ2) is 6.97. The molecule has 2 nitrogen and oxygen atoms in total. The summed E-state index contributed by atoms with van der Waals surface area (Å²) in [7, 11) is 2.01. The minimum atomic E-state index is 0.0104. The first-order valence-electron chi connectivity index (χ1n) is 6.80. The summed E-state index contributed by atoms with van der Waals surface area (Å²) < 4.78 is 3.09. The lowest BCUT2D eigenvalue weighted by Crippen LogP contribution is -2.34. The molecule has 0 N–H and O–H groups in total. The molecule has 0 spiro atoms. The van der Waals surface area contributed by atoms with E-state index in [0.717, 1.165) is 27.2 Å². The SMILES string of the molecule is Cc1ccc(C(CBr)(CBr)Cc2c(Br)c(C)nn2C)cc1. The van der Waals surface area contributed by atoms with Crippen molar-refractivity contribution in [1.29, 1.82) is 0 Å². The van der Waals surface area contributed by atoms with Crippen molar-refractivity contribution >= 4 is 47.8 Å². The second-order valence-electron chi connectivity index (χ2n) is 5.56. The Morgan fingerprint density at radius 2 is 1.67 bits per heavy atom. The average Bonchev–Trinajstić information content (AvgIpc) is 2.72. The number of halogens is 3. The molecule has 1 aromatic carbocycles. The summed E-state index contributed by atoms with van der Waals surface area (Å²) in [5, 5.41) is 6.30. The number of benzene rings is 1. The van der Waals surface area contributed by atoms with Crippen LogP contribution in [-0.2, 0) is 18.9 Å². The first-order chi connectivity index (χ1) is 9.93. The number of nitrogens with zero attached hydrogens (tertiary/aromatic N) is 2. The van der Waals surface area contributed by atoms with Crippen molar-refractivity contribution in [2.75, 3.05) is 10.7 Å². The molecule has 1 heterocycles. The fourth-order valence-corrected chi connectivity index (χ4v) is 4.94. The van der Waals surface area contributed by atoms with E-state index >= 15 is 0 Å². The highest BCUT2D eigenvalue weighted by atomic mass is 79.9. The van der Waals surface area contributed by atoms with Gasteiger partial charge in [-0.15, -0.1) is 0 Å². The maximum atomic E-state index is 4.51. The van der Waals surface area contributed by atoms with Gasteiger partial charge in [-0.2, -0.15) is 5.10 Å². The summed E-state index contributed by atoms with van der Waals surface area (Å²) >= 11 is 11.1. The number of rotatable bonds is 5. The van der Waals surface area contributed by atoms with Gasteiger partial charge in [0, 0.05) is 29.5 Å². The van der Waals surface area contributed by atoms with Crippen LogP contribution in [0, 0.1) is 13.8 Å². The molecular formula is C16H19Br3N2. The molecule has 0 amide bonds. The van der Waals surface area contributed by atoms with Gasteiger partial charge in [-0.25, -0.2) is 0 Å². The molecule has 0 unspecified atom stereocenters. The van der Waals surface area contributed by atoms with Gasteiger partial charge >= 0.3 is 0 Å². The van der Waals surface area contributed by atoms with Crippen molar-refractivity contribution in [2.45, 2.75) is 25.7 Å². The Hall–Kier alpha value is -0.130. The predicted octanol–water partition coefficient (Wildman–Crippen LogP) is 5.07. The summed E-state index contributed by atoms with van der Waals surface area (Å²) in [6, 6.07) is 8.82. The highest BCUT2D eigenvalue weighted by molar-refractivity contribution is 9.10. The lowest BCUT2D eigenvalue weighted by atomic mass is 9.80. The first kappa shape index (κ1) is 17.2. The van der Waals surface area contributed by atoms with E-state index in [1.807, 2.05) is 18.7 Å². The van der Waals surface area contributed by atoms with Gasteiger partial charge in [0.1, 0.15) is 0 Å². The lowest BCUT2D eigenvalue weighted by molar-refractivity contribution is 0.522.